The van der Waals surface area contributed by atoms with Crippen molar-refractivity contribution in [2.24, 2.45) is 0 Å². The Bertz CT molecular complexity index is 2000. The Morgan fingerprint density at radius 1 is 0.649 bits per heavy atom. The van der Waals surface area contributed by atoms with E-state index in [4.69, 9.17) is 0 Å². The summed E-state index contributed by atoms with van der Waals surface area (Å²) in [6.07, 6.45) is 0. The van der Waals surface area contributed by atoms with Crippen LogP contribution in [0, 0.1) is 6.92 Å². The van der Waals surface area contributed by atoms with Gasteiger partial charge in [-0.05, 0) is 63.5 Å². The van der Waals surface area contributed by atoms with Crippen LogP contribution < -0.4 is 31.7 Å². The van der Waals surface area contributed by atoms with Crippen LogP contribution in [0.15, 0.2) is 97.1 Å². The van der Waals surface area contributed by atoms with Crippen LogP contribution >= 0.6 is 0 Å². The SMILES string of the molecule is Cc1cc2c3c(c1)-n1c4ccccc4c4cccc(c41)B3c1cccc3c1N2c1ccccc1[Si]3(C)C. The van der Waals surface area contributed by atoms with Crippen LogP contribution in [0.5, 0.6) is 0 Å². The van der Waals surface area contributed by atoms with E-state index in [0.717, 1.165) is 0 Å². The van der Waals surface area contributed by atoms with Gasteiger partial charge < -0.3 is 9.47 Å². The number of para-hydroxylation sites is 4. The first-order chi connectivity index (χ1) is 18.1. The van der Waals surface area contributed by atoms with Gasteiger partial charge in [-0.2, -0.15) is 0 Å². The third-order valence-corrected chi connectivity index (χ3v) is 12.7. The van der Waals surface area contributed by atoms with Crippen molar-refractivity contribution in [3.63, 3.8) is 0 Å². The Hall–Kier alpha value is -4.02. The van der Waals surface area contributed by atoms with Crippen molar-refractivity contribution in [3.05, 3.63) is 103 Å². The fourth-order valence-electron chi connectivity index (χ4n) is 7.69. The predicted molar refractivity (Wildman–Crippen MR) is 162 cm³/mol. The van der Waals surface area contributed by atoms with Gasteiger partial charge in [-0.1, -0.05) is 85.9 Å². The van der Waals surface area contributed by atoms with E-state index < -0.39 is 8.07 Å². The molecule has 0 bridgehead atoms. The minimum atomic E-state index is -1.87. The highest BCUT2D eigenvalue weighted by Crippen LogP contribution is 2.43. The van der Waals surface area contributed by atoms with Crippen LogP contribution in [0.1, 0.15) is 5.56 Å². The van der Waals surface area contributed by atoms with Crippen LogP contribution in [-0.4, -0.2) is 19.4 Å². The van der Waals surface area contributed by atoms with Crippen molar-refractivity contribution >= 4 is 80.4 Å². The minimum Gasteiger partial charge on any atom is -0.312 e. The number of aromatic nitrogens is 1. The van der Waals surface area contributed by atoms with Gasteiger partial charge in [0.1, 0.15) is 8.07 Å². The van der Waals surface area contributed by atoms with Crippen LogP contribution in [0.25, 0.3) is 27.5 Å². The van der Waals surface area contributed by atoms with Gasteiger partial charge in [0.15, 0.2) is 0 Å². The Morgan fingerprint density at radius 3 is 2.27 bits per heavy atom. The van der Waals surface area contributed by atoms with E-state index in [1.54, 1.807) is 5.19 Å². The van der Waals surface area contributed by atoms with Crippen molar-refractivity contribution in [2.45, 2.75) is 20.0 Å². The van der Waals surface area contributed by atoms with Crippen molar-refractivity contribution in [1.82, 2.24) is 4.57 Å². The zero-order chi connectivity index (χ0) is 24.6. The first-order valence-corrected chi connectivity index (χ1v) is 16.3. The standard InChI is InChI=1S/C33H25BN2Si/c1-20-18-27-31-28(19-20)36-26-15-6-7-16-29(26)37(2,3)30-17-9-13-24(33(30)36)34(31)23-12-8-11-22-21-10-4-5-14-25(21)35(27)32(22)23/h4-19H,1-3H3. The third kappa shape index (κ3) is 2.21. The molecular formula is C33H25BN2Si. The molecule has 0 atom stereocenters. The molecule has 0 radical (unpaired) electrons. The van der Waals surface area contributed by atoms with Crippen LogP contribution in [0.2, 0.25) is 13.1 Å². The van der Waals surface area contributed by atoms with Crippen LogP contribution in [0.3, 0.4) is 0 Å². The highest BCUT2D eigenvalue weighted by molar-refractivity contribution is 7.05. The van der Waals surface area contributed by atoms with Gasteiger partial charge in [0.05, 0.1) is 5.52 Å². The molecular weight excluding hydrogens is 463 g/mol. The summed E-state index contributed by atoms with van der Waals surface area (Å²) >= 11 is 0. The first kappa shape index (κ1) is 20.1. The van der Waals surface area contributed by atoms with Gasteiger partial charge in [0.2, 0.25) is 0 Å². The number of anilines is 3. The topological polar surface area (TPSA) is 8.17 Å². The summed E-state index contributed by atoms with van der Waals surface area (Å²) in [6, 6.07) is 37.0. The van der Waals surface area contributed by atoms with Gasteiger partial charge in [-0.15, -0.1) is 0 Å². The number of aryl methyl sites for hydroxylation is 1. The molecule has 174 valence electrons. The molecule has 0 N–H and O–H groups in total. The number of rotatable bonds is 0. The summed E-state index contributed by atoms with van der Waals surface area (Å²) in [7, 11) is -1.87. The lowest BCUT2D eigenvalue weighted by Crippen LogP contribution is -2.67. The molecule has 0 spiro atoms. The van der Waals surface area contributed by atoms with Gasteiger partial charge in [0.25, 0.3) is 6.71 Å². The zero-order valence-electron chi connectivity index (χ0n) is 21.2. The molecule has 2 nitrogen and oxygen atoms in total. The predicted octanol–water partition coefficient (Wildman–Crippen LogP) is 4.84. The van der Waals surface area contributed by atoms with Crippen LogP contribution in [-0.2, 0) is 0 Å². The smallest absolute Gasteiger partial charge is 0.252 e. The number of hydrogen-bond acceptors (Lipinski definition) is 1. The van der Waals surface area contributed by atoms with Gasteiger partial charge in [-0.25, -0.2) is 0 Å². The second-order valence-corrected chi connectivity index (χ2v) is 15.8. The molecule has 3 aliphatic rings. The highest BCUT2D eigenvalue weighted by atomic mass is 28.3. The van der Waals surface area contributed by atoms with Gasteiger partial charge >= 0.3 is 0 Å². The fraction of sp³-hybridized carbons (Fsp3) is 0.0909. The van der Waals surface area contributed by atoms with Crippen molar-refractivity contribution in [3.8, 4) is 5.69 Å². The summed E-state index contributed by atoms with van der Waals surface area (Å²) < 4.78 is 2.55. The highest BCUT2D eigenvalue weighted by Gasteiger charge is 2.47. The normalized spacial score (nSPS) is 15.5. The molecule has 3 aliphatic heterocycles. The number of nitrogens with zero attached hydrogens (tertiary/aromatic N) is 2. The zero-order valence-corrected chi connectivity index (χ0v) is 22.2. The van der Waals surface area contributed by atoms with Crippen molar-refractivity contribution in [2.75, 3.05) is 4.90 Å². The Morgan fingerprint density at radius 2 is 1.35 bits per heavy atom. The molecule has 0 saturated carbocycles. The lowest BCUT2D eigenvalue weighted by atomic mass is 9.33. The van der Waals surface area contributed by atoms with Crippen molar-refractivity contribution in [1.29, 1.82) is 0 Å². The minimum absolute atomic E-state index is 0.229. The largest absolute Gasteiger partial charge is 0.312 e. The van der Waals surface area contributed by atoms with E-state index in [2.05, 4.69) is 127 Å². The number of benzene rings is 5. The Kier molecular flexibility index (Phi) is 3.50. The average molecular weight is 488 g/mol. The average Bonchev–Trinajstić information content (AvgIpc) is 3.25. The second kappa shape index (κ2) is 6.45. The Labute approximate surface area is 217 Å². The molecule has 0 unspecified atom stereocenters. The quantitative estimate of drug-likeness (QED) is 0.278. The van der Waals surface area contributed by atoms with E-state index in [1.807, 2.05) is 0 Å². The lowest BCUT2D eigenvalue weighted by molar-refractivity contribution is 1.17. The molecule has 4 heterocycles. The molecule has 1 aromatic heterocycles. The summed E-state index contributed by atoms with van der Waals surface area (Å²) in [5, 5.41) is 5.77. The number of hydrogen-bond donors (Lipinski definition) is 0. The Balaban J connectivity index is 1.52. The molecule has 0 amide bonds. The molecule has 9 rings (SSSR count). The molecule has 0 aliphatic carbocycles. The van der Waals surface area contributed by atoms with E-state index in [-0.39, 0.29) is 6.71 Å². The summed E-state index contributed by atoms with van der Waals surface area (Å²) in [4.78, 5) is 2.61. The maximum absolute atomic E-state index is 2.61. The summed E-state index contributed by atoms with van der Waals surface area (Å²) in [5.41, 5.74) is 13.8. The lowest BCUT2D eigenvalue weighted by Gasteiger charge is -2.47. The first-order valence-electron chi connectivity index (χ1n) is 13.3. The number of fused-ring (bicyclic) bond motifs is 9. The molecule has 0 saturated heterocycles. The van der Waals surface area contributed by atoms with E-state index in [1.165, 1.54) is 71.7 Å². The van der Waals surface area contributed by atoms with E-state index >= 15 is 0 Å². The van der Waals surface area contributed by atoms with Crippen molar-refractivity contribution < 1.29 is 0 Å². The van der Waals surface area contributed by atoms with E-state index in [9.17, 15) is 0 Å². The molecule has 4 heteroatoms. The van der Waals surface area contributed by atoms with Gasteiger partial charge in [-0.3, -0.25) is 0 Å². The summed E-state index contributed by atoms with van der Waals surface area (Å²) in [5.74, 6) is 0. The van der Waals surface area contributed by atoms with Gasteiger partial charge in [0, 0.05) is 39.0 Å². The molecule has 6 aromatic rings. The maximum Gasteiger partial charge on any atom is 0.252 e. The molecule has 5 aromatic carbocycles. The maximum atomic E-state index is 2.61. The third-order valence-electron chi connectivity index (χ3n) is 9.18. The van der Waals surface area contributed by atoms with Crippen LogP contribution in [0.4, 0.5) is 17.1 Å². The van der Waals surface area contributed by atoms with E-state index in [0.29, 0.717) is 0 Å². The second-order valence-electron chi connectivity index (χ2n) is 11.5. The summed E-state index contributed by atoms with van der Waals surface area (Å²) in [6.45, 7) is 7.53. The molecule has 0 fully saturated rings. The monoisotopic (exact) mass is 488 g/mol. The fourth-order valence-corrected chi connectivity index (χ4v) is 10.7. The molecule has 37 heavy (non-hydrogen) atoms.